The molecule has 0 unspecified atom stereocenters. The Morgan fingerprint density at radius 1 is 1.00 bits per heavy atom. The molecule has 0 radical (unpaired) electrons. The molecule has 0 aliphatic heterocycles. The van der Waals surface area contributed by atoms with E-state index in [1.165, 1.54) is 0 Å². The molecule has 6 heteroatoms. The second kappa shape index (κ2) is 12.7. The normalized spacial score (nSPS) is 12.4. The summed E-state index contributed by atoms with van der Waals surface area (Å²) in [6.07, 6.45) is 5.53. The van der Waals surface area contributed by atoms with Crippen LogP contribution in [-0.4, -0.2) is 37.0 Å². The predicted octanol–water partition coefficient (Wildman–Crippen LogP) is 2.95. The van der Waals surface area contributed by atoms with Crippen LogP contribution in [0.3, 0.4) is 0 Å². The highest BCUT2D eigenvalue weighted by molar-refractivity contribution is 5.87. The van der Waals surface area contributed by atoms with Crippen molar-refractivity contribution in [3.63, 3.8) is 0 Å². The molecule has 0 spiro atoms. The van der Waals surface area contributed by atoms with Gasteiger partial charge in [0.05, 0.1) is 6.61 Å². The highest BCUT2D eigenvalue weighted by atomic mass is 16.5. The van der Waals surface area contributed by atoms with Gasteiger partial charge in [-0.05, 0) is 26.2 Å². The molecule has 0 saturated heterocycles. The van der Waals surface area contributed by atoms with Gasteiger partial charge < -0.3 is 15.4 Å². The summed E-state index contributed by atoms with van der Waals surface area (Å²) in [6.45, 7) is 10.3. The third-order valence-electron chi connectivity index (χ3n) is 3.81. The summed E-state index contributed by atoms with van der Waals surface area (Å²) in [4.78, 5) is 35.9. The van der Waals surface area contributed by atoms with E-state index in [4.69, 9.17) is 4.74 Å². The summed E-state index contributed by atoms with van der Waals surface area (Å²) in [5, 5.41) is 5.66. The second-order valence-corrected chi connectivity index (χ2v) is 7.33. The maximum absolute atomic E-state index is 12.1. The summed E-state index contributed by atoms with van der Waals surface area (Å²) in [7, 11) is 0. The van der Waals surface area contributed by atoms with Crippen LogP contribution in [0, 0.1) is 5.41 Å². The summed E-state index contributed by atoms with van der Waals surface area (Å²) < 4.78 is 5.04. The Labute approximate surface area is 152 Å². The summed E-state index contributed by atoms with van der Waals surface area (Å²) in [5.74, 6) is -0.550. The van der Waals surface area contributed by atoms with Gasteiger partial charge in [-0.1, -0.05) is 47.0 Å². The molecule has 0 aliphatic rings. The lowest BCUT2D eigenvalue weighted by Gasteiger charge is -2.23. The van der Waals surface area contributed by atoms with Gasteiger partial charge in [0, 0.05) is 18.4 Å². The van der Waals surface area contributed by atoms with Crippen LogP contribution in [0.4, 0.5) is 0 Å². The molecule has 2 amide bonds. The molecule has 2 N–H and O–H groups in total. The number of amides is 2. The smallest absolute Gasteiger partial charge is 0.328 e. The Hall–Kier alpha value is -1.59. The molecule has 0 aliphatic carbocycles. The van der Waals surface area contributed by atoms with Crippen molar-refractivity contribution >= 4 is 17.8 Å². The molecule has 146 valence electrons. The number of carbonyl (C=O) groups is 3. The molecule has 1 atom stereocenters. The van der Waals surface area contributed by atoms with Gasteiger partial charge in [-0.15, -0.1) is 0 Å². The fraction of sp³-hybridized carbons (Fsp3) is 0.842. The SMILES string of the molecule is CCCCCNC(=O)CCCC[C@@H](NC(=O)C(C)(C)C)C(=O)OCC. The molecule has 0 saturated carbocycles. The zero-order valence-corrected chi connectivity index (χ0v) is 16.6. The van der Waals surface area contributed by atoms with Crippen LogP contribution in [-0.2, 0) is 19.1 Å². The number of carbonyl (C=O) groups excluding carboxylic acids is 3. The van der Waals surface area contributed by atoms with E-state index in [0.29, 0.717) is 25.7 Å². The van der Waals surface area contributed by atoms with Gasteiger partial charge in [0.25, 0.3) is 0 Å². The molecule has 0 rings (SSSR count). The average molecular weight is 357 g/mol. The fourth-order valence-corrected chi connectivity index (χ4v) is 2.19. The first-order valence-corrected chi connectivity index (χ1v) is 9.46. The number of unbranched alkanes of at least 4 members (excludes halogenated alkanes) is 3. The van der Waals surface area contributed by atoms with Gasteiger partial charge in [0.1, 0.15) is 6.04 Å². The van der Waals surface area contributed by atoms with Crippen molar-refractivity contribution < 1.29 is 19.1 Å². The van der Waals surface area contributed by atoms with Crippen LogP contribution in [0.2, 0.25) is 0 Å². The number of esters is 1. The van der Waals surface area contributed by atoms with E-state index >= 15 is 0 Å². The van der Waals surface area contributed by atoms with Crippen LogP contribution >= 0.6 is 0 Å². The zero-order valence-electron chi connectivity index (χ0n) is 16.6. The minimum Gasteiger partial charge on any atom is -0.464 e. The maximum Gasteiger partial charge on any atom is 0.328 e. The molecular formula is C19H36N2O4. The second-order valence-electron chi connectivity index (χ2n) is 7.33. The Bertz CT molecular complexity index is 416. The molecule has 0 aromatic heterocycles. The van der Waals surface area contributed by atoms with E-state index in [-0.39, 0.29) is 18.4 Å². The van der Waals surface area contributed by atoms with Crippen molar-refractivity contribution in [3.8, 4) is 0 Å². The molecule has 0 aromatic rings. The van der Waals surface area contributed by atoms with Gasteiger partial charge in [0.2, 0.25) is 11.8 Å². The van der Waals surface area contributed by atoms with Crippen LogP contribution in [0.1, 0.15) is 79.6 Å². The monoisotopic (exact) mass is 356 g/mol. The summed E-state index contributed by atoms with van der Waals surface area (Å²) in [6, 6.07) is -0.653. The Morgan fingerprint density at radius 2 is 1.68 bits per heavy atom. The molecule has 0 aromatic carbocycles. The van der Waals surface area contributed by atoms with Crippen molar-refractivity contribution in [3.05, 3.63) is 0 Å². The molecule has 25 heavy (non-hydrogen) atoms. The van der Waals surface area contributed by atoms with Crippen LogP contribution in [0.25, 0.3) is 0 Å². The number of ether oxygens (including phenoxy) is 1. The molecule has 0 bridgehead atoms. The van der Waals surface area contributed by atoms with Gasteiger partial charge in [-0.2, -0.15) is 0 Å². The van der Waals surface area contributed by atoms with Crippen LogP contribution in [0.15, 0.2) is 0 Å². The van der Waals surface area contributed by atoms with E-state index in [0.717, 1.165) is 25.8 Å². The molecular weight excluding hydrogens is 320 g/mol. The molecule has 0 heterocycles. The highest BCUT2D eigenvalue weighted by Crippen LogP contribution is 2.14. The quantitative estimate of drug-likeness (QED) is 0.416. The number of hydrogen-bond acceptors (Lipinski definition) is 4. The van der Waals surface area contributed by atoms with Crippen molar-refractivity contribution in [1.29, 1.82) is 0 Å². The van der Waals surface area contributed by atoms with Crippen molar-refractivity contribution in [2.45, 2.75) is 85.6 Å². The molecule has 0 fully saturated rings. The number of rotatable bonds is 12. The van der Waals surface area contributed by atoms with Crippen LogP contribution < -0.4 is 10.6 Å². The standard InChI is InChI=1S/C19H36N2O4/c1-6-8-11-14-20-16(22)13-10-9-12-15(17(23)25-7-2)21-18(24)19(3,4)5/h15H,6-14H2,1-5H3,(H,20,22)(H,21,24)/t15-/m1/s1. The zero-order chi connectivity index (χ0) is 19.3. The van der Waals surface area contributed by atoms with Gasteiger partial charge in [0.15, 0.2) is 0 Å². The lowest BCUT2D eigenvalue weighted by atomic mass is 9.94. The van der Waals surface area contributed by atoms with E-state index in [9.17, 15) is 14.4 Å². The average Bonchev–Trinajstić information content (AvgIpc) is 2.53. The van der Waals surface area contributed by atoms with E-state index in [2.05, 4.69) is 17.6 Å². The highest BCUT2D eigenvalue weighted by Gasteiger charge is 2.28. The van der Waals surface area contributed by atoms with E-state index in [1.807, 2.05) is 0 Å². The van der Waals surface area contributed by atoms with E-state index < -0.39 is 17.4 Å². The maximum atomic E-state index is 12.1. The third-order valence-corrected chi connectivity index (χ3v) is 3.81. The first-order chi connectivity index (χ1) is 11.7. The summed E-state index contributed by atoms with van der Waals surface area (Å²) >= 11 is 0. The molecule has 6 nitrogen and oxygen atoms in total. The largest absolute Gasteiger partial charge is 0.464 e. The van der Waals surface area contributed by atoms with Gasteiger partial charge in [-0.25, -0.2) is 4.79 Å². The lowest BCUT2D eigenvalue weighted by molar-refractivity contribution is -0.148. The lowest BCUT2D eigenvalue weighted by Crippen LogP contribution is -2.46. The van der Waals surface area contributed by atoms with Gasteiger partial charge >= 0.3 is 5.97 Å². The van der Waals surface area contributed by atoms with Crippen molar-refractivity contribution in [2.24, 2.45) is 5.41 Å². The van der Waals surface area contributed by atoms with Gasteiger partial charge in [-0.3, -0.25) is 9.59 Å². The number of nitrogens with one attached hydrogen (secondary N) is 2. The van der Waals surface area contributed by atoms with E-state index in [1.54, 1.807) is 27.7 Å². The van der Waals surface area contributed by atoms with Crippen molar-refractivity contribution in [2.75, 3.05) is 13.2 Å². The fourth-order valence-electron chi connectivity index (χ4n) is 2.19. The Balaban J connectivity index is 4.24. The first-order valence-electron chi connectivity index (χ1n) is 9.46. The minimum atomic E-state index is -0.653. The topological polar surface area (TPSA) is 84.5 Å². The van der Waals surface area contributed by atoms with Crippen molar-refractivity contribution in [1.82, 2.24) is 10.6 Å². The first kappa shape index (κ1) is 23.4. The summed E-state index contributed by atoms with van der Waals surface area (Å²) in [5.41, 5.74) is -0.566. The predicted molar refractivity (Wildman–Crippen MR) is 99.0 cm³/mol. The Morgan fingerprint density at radius 3 is 2.24 bits per heavy atom. The third kappa shape index (κ3) is 11.6. The minimum absolute atomic E-state index is 0.0440. The van der Waals surface area contributed by atoms with Crippen LogP contribution in [0.5, 0.6) is 0 Å². The number of hydrogen-bond donors (Lipinski definition) is 2. The Kier molecular flexibility index (Phi) is 11.9.